The molecule has 3 nitrogen and oxygen atoms in total. The van der Waals surface area contributed by atoms with Crippen molar-refractivity contribution in [3.05, 3.63) is 0 Å². The minimum atomic E-state index is 0.412. The van der Waals surface area contributed by atoms with Gasteiger partial charge in [0.1, 0.15) is 0 Å². The zero-order valence-corrected chi connectivity index (χ0v) is 11.1. The fourth-order valence-electron chi connectivity index (χ4n) is 3.14. The van der Waals surface area contributed by atoms with Gasteiger partial charge >= 0.3 is 0 Å². The summed E-state index contributed by atoms with van der Waals surface area (Å²) < 4.78 is 11.4. The van der Waals surface area contributed by atoms with E-state index in [1.54, 1.807) is 0 Å². The molecule has 2 unspecified atom stereocenters. The van der Waals surface area contributed by atoms with Crippen molar-refractivity contribution < 1.29 is 9.47 Å². The standard InChI is InChI=1S/C14H27NO2/c1-16-14-9-5-4-8-13(14)15-10-11-17-12-6-2-3-7-12/h12-15H,2-11H2,1H3. The molecule has 0 heterocycles. The Morgan fingerprint density at radius 2 is 1.71 bits per heavy atom. The summed E-state index contributed by atoms with van der Waals surface area (Å²) in [6.45, 7) is 1.83. The molecule has 0 saturated heterocycles. The first-order valence-electron chi connectivity index (χ1n) is 7.28. The lowest BCUT2D eigenvalue weighted by molar-refractivity contribution is 0.0292. The summed E-state index contributed by atoms with van der Waals surface area (Å²) in [6, 6.07) is 0.543. The second-order valence-electron chi connectivity index (χ2n) is 5.40. The highest BCUT2D eigenvalue weighted by molar-refractivity contribution is 4.81. The lowest BCUT2D eigenvalue weighted by atomic mass is 9.92. The molecule has 2 saturated carbocycles. The van der Waals surface area contributed by atoms with Crippen molar-refractivity contribution in [2.45, 2.75) is 69.6 Å². The number of methoxy groups -OCH3 is 1. The van der Waals surface area contributed by atoms with Crippen molar-refractivity contribution in [3.63, 3.8) is 0 Å². The second-order valence-corrected chi connectivity index (χ2v) is 5.40. The average molecular weight is 241 g/mol. The quantitative estimate of drug-likeness (QED) is 0.725. The molecule has 2 aliphatic rings. The molecular formula is C14H27NO2. The van der Waals surface area contributed by atoms with Crippen LogP contribution in [0.2, 0.25) is 0 Å². The molecular weight excluding hydrogens is 214 g/mol. The average Bonchev–Trinajstić information content (AvgIpc) is 2.88. The molecule has 2 fully saturated rings. The van der Waals surface area contributed by atoms with Gasteiger partial charge in [0.15, 0.2) is 0 Å². The van der Waals surface area contributed by atoms with Crippen LogP contribution in [0.15, 0.2) is 0 Å². The van der Waals surface area contributed by atoms with Crippen LogP contribution in [0.4, 0.5) is 0 Å². The second kappa shape index (κ2) is 7.34. The summed E-state index contributed by atoms with van der Waals surface area (Å²) in [6.07, 6.45) is 11.3. The van der Waals surface area contributed by atoms with Gasteiger partial charge in [-0.1, -0.05) is 25.7 Å². The van der Waals surface area contributed by atoms with E-state index in [4.69, 9.17) is 9.47 Å². The van der Waals surface area contributed by atoms with Gasteiger partial charge in [-0.05, 0) is 25.7 Å². The van der Waals surface area contributed by atoms with Crippen LogP contribution in [-0.2, 0) is 9.47 Å². The Bertz CT molecular complexity index is 204. The van der Waals surface area contributed by atoms with Crippen LogP contribution in [-0.4, -0.2) is 38.5 Å². The molecule has 0 aromatic heterocycles. The van der Waals surface area contributed by atoms with E-state index in [0.717, 1.165) is 13.2 Å². The highest BCUT2D eigenvalue weighted by Gasteiger charge is 2.24. The Morgan fingerprint density at radius 3 is 2.47 bits per heavy atom. The minimum absolute atomic E-state index is 0.412. The van der Waals surface area contributed by atoms with Gasteiger partial charge in [-0.15, -0.1) is 0 Å². The van der Waals surface area contributed by atoms with Gasteiger partial charge in [0, 0.05) is 19.7 Å². The first-order valence-corrected chi connectivity index (χ1v) is 7.28. The predicted molar refractivity (Wildman–Crippen MR) is 69.3 cm³/mol. The third-order valence-electron chi connectivity index (χ3n) is 4.17. The van der Waals surface area contributed by atoms with Gasteiger partial charge < -0.3 is 14.8 Å². The molecule has 0 aromatic carbocycles. The molecule has 0 spiro atoms. The summed E-state index contributed by atoms with van der Waals surface area (Å²) >= 11 is 0. The molecule has 3 heteroatoms. The zero-order valence-electron chi connectivity index (χ0n) is 11.1. The molecule has 2 rings (SSSR count). The van der Waals surface area contributed by atoms with Crippen LogP contribution in [0, 0.1) is 0 Å². The van der Waals surface area contributed by atoms with E-state index in [-0.39, 0.29) is 0 Å². The van der Waals surface area contributed by atoms with E-state index in [1.165, 1.54) is 51.4 Å². The van der Waals surface area contributed by atoms with E-state index < -0.39 is 0 Å². The van der Waals surface area contributed by atoms with Crippen molar-refractivity contribution in [1.82, 2.24) is 5.32 Å². The summed E-state index contributed by atoms with van der Waals surface area (Å²) in [5, 5.41) is 3.60. The highest BCUT2D eigenvalue weighted by atomic mass is 16.5. The van der Waals surface area contributed by atoms with Gasteiger partial charge in [-0.3, -0.25) is 0 Å². The topological polar surface area (TPSA) is 30.5 Å². The smallest absolute Gasteiger partial charge is 0.0724 e. The van der Waals surface area contributed by atoms with Crippen molar-refractivity contribution in [2.24, 2.45) is 0 Å². The van der Waals surface area contributed by atoms with Crippen LogP contribution in [0.25, 0.3) is 0 Å². The Balaban J connectivity index is 1.56. The molecule has 2 atom stereocenters. The van der Waals surface area contributed by atoms with E-state index >= 15 is 0 Å². The SMILES string of the molecule is COC1CCCCC1NCCOC1CCCC1. The molecule has 0 aliphatic heterocycles. The van der Waals surface area contributed by atoms with E-state index in [0.29, 0.717) is 18.2 Å². The lowest BCUT2D eigenvalue weighted by Gasteiger charge is -2.31. The molecule has 2 aliphatic carbocycles. The number of ether oxygens (including phenoxy) is 2. The van der Waals surface area contributed by atoms with Crippen LogP contribution >= 0.6 is 0 Å². The number of nitrogens with one attached hydrogen (secondary N) is 1. The summed E-state index contributed by atoms with van der Waals surface area (Å²) in [7, 11) is 1.83. The number of rotatable bonds is 6. The first kappa shape index (κ1) is 13.3. The lowest BCUT2D eigenvalue weighted by Crippen LogP contribution is -2.44. The van der Waals surface area contributed by atoms with Crippen LogP contribution in [0.1, 0.15) is 51.4 Å². The Labute approximate surface area is 105 Å². The van der Waals surface area contributed by atoms with Gasteiger partial charge in [0.05, 0.1) is 18.8 Å². The fraction of sp³-hybridized carbons (Fsp3) is 1.00. The predicted octanol–water partition coefficient (Wildman–Crippen LogP) is 2.49. The van der Waals surface area contributed by atoms with E-state index in [1.807, 2.05) is 7.11 Å². The third kappa shape index (κ3) is 4.23. The number of hydrogen-bond acceptors (Lipinski definition) is 3. The van der Waals surface area contributed by atoms with Crippen molar-refractivity contribution >= 4 is 0 Å². The third-order valence-corrected chi connectivity index (χ3v) is 4.17. The minimum Gasteiger partial charge on any atom is -0.380 e. The maximum atomic E-state index is 5.86. The maximum absolute atomic E-state index is 5.86. The molecule has 100 valence electrons. The Hall–Kier alpha value is -0.120. The van der Waals surface area contributed by atoms with Gasteiger partial charge in [-0.2, -0.15) is 0 Å². The van der Waals surface area contributed by atoms with Crippen molar-refractivity contribution in [1.29, 1.82) is 0 Å². The molecule has 0 bridgehead atoms. The highest BCUT2D eigenvalue weighted by Crippen LogP contribution is 2.21. The van der Waals surface area contributed by atoms with E-state index in [9.17, 15) is 0 Å². The molecule has 0 amide bonds. The molecule has 0 radical (unpaired) electrons. The van der Waals surface area contributed by atoms with E-state index in [2.05, 4.69) is 5.32 Å². The van der Waals surface area contributed by atoms with Crippen molar-refractivity contribution in [2.75, 3.05) is 20.3 Å². The Morgan fingerprint density at radius 1 is 1.00 bits per heavy atom. The summed E-state index contributed by atoms with van der Waals surface area (Å²) in [4.78, 5) is 0. The Kier molecular flexibility index (Phi) is 5.75. The largest absolute Gasteiger partial charge is 0.380 e. The monoisotopic (exact) mass is 241 g/mol. The molecule has 1 N–H and O–H groups in total. The van der Waals surface area contributed by atoms with Gasteiger partial charge in [0.2, 0.25) is 0 Å². The van der Waals surface area contributed by atoms with Crippen molar-refractivity contribution in [3.8, 4) is 0 Å². The summed E-state index contributed by atoms with van der Waals surface area (Å²) in [5.41, 5.74) is 0. The van der Waals surface area contributed by atoms with Gasteiger partial charge in [-0.25, -0.2) is 0 Å². The fourth-order valence-corrected chi connectivity index (χ4v) is 3.14. The number of hydrogen-bond donors (Lipinski definition) is 1. The first-order chi connectivity index (χ1) is 8.40. The molecule has 17 heavy (non-hydrogen) atoms. The van der Waals surface area contributed by atoms with Crippen LogP contribution in [0.3, 0.4) is 0 Å². The normalized spacial score (nSPS) is 30.9. The maximum Gasteiger partial charge on any atom is 0.0724 e. The molecule has 0 aromatic rings. The van der Waals surface area contributed by atoms with Gasteiger partial charge in [0.25, 0.3) is 0 Å². The van der Waals surface area contributed by atoms with Crippen LogP contribution < -0.4 is 5.32 Å². The summed E-state index contributed by atoms with van der Waals surface area (Å²) in [5.74, 6) is 0. The zero-order chi connectivity index (χ0) is 11.9. The van der Waals surface area contributed by atoms with Crippen LogP contribution in [0.5, 0.6) is 0 Å².